The standard InChI is InChI=1S/C29H26F4O2/c1-3-18-5-7-19(8-6-18)17-35-25-16-14-23(27(31)29(25)33)21-11-9-20(10-12-21)22-13-15-24(34-4-2)28(32)26(22)30/h3,7,9-16,18H,1,4-6,8,17H2,2H3. The number of rotatable bonds is 8. The lowest BCUT2D eigenvalue weighted by atomic mass is 9.90. The van der Waals surface area contributed by atoms with Crippen molar-refractivity contribution in [2.75, 3.05) is 13.2 Å². The van der Waals surface area contributed by atoms with E-state index < -0.39 is 23.3 Å². The summed E-state index contributed by atoms with van der Waals surface area (Å²) in [5.41, 5.74) is 1.94. The Morgan fingerprint density at radius 3 is 1.80 bits per heavy atom. The van der Waals surface area contributed by atoms with Gasteiger partial charge in [0, 0.05) is 11.1 Å². The Labute approximate surface area is 202 Å². The average molecular weight is 483 g/mol. The fourth-order valence-corrected chi connectivity index (χ4v) is 4.14. The van der Waals surface area contributed by atoms with Crippen LogP contribution < -0.4 is 9.47 Å². The van der Waals surface area contributed by atoms with Crippen LogP contribution in [0.2, 0.25) is 0 Å². The molecule has 4 rings (SSSR count). The largest absolute Gasteiger partial charge is 0.491 e. The monoisotopic (exact) mass is 482 g/mol. The van der Waals surface area contributed by atoms with Crippen LogP contribution >= 0.6 is 0 Å². The summed E-state index contributed by atoms with van der Waals surface area (Å²) in [5.74, 6) is -4.06. The lowest BCUT2D eigenvalue weighted by Crippen LogP contribution is -2.09. The van der Waals surface area contributed by atoms with Crippen molar-refractivity contribution in [3.8, 4) is 33.8 Å². The number of ether oxygens (including phenoxy) is 2. The minimum Gasteiger partial charge on any atom is -0.491 e. The van der Waals surface area contributed by atoms with Crippen LogP contribution in [0.4, 0.5) is 17.6 Å². The first-order valence-corrected chi connectivity index (χ1v) is 11.6. The lowest BCUT2D eigenvalue weighted by molar-refractivity contribution is 0.314. The van der Waals surface area contributed by atoms with Crippen LogP contribution in [0.1, 0.15) is 26.2 Å². The maximum Gasteiger partial charge on any atom is 0.201 e. The van der Waals surface area contributed by atoms with Crippen LogP contribution in [0.15, 0.2) is 72.8 Å². The van der Waals surface area contributed by atoms with E-state index in [9.17, 15) is 17.6 Å². The van der Waals surface area contributed by atoms with Gasteiger partial charge in [0.15, 0.2) is 23.1 Å². The molecule has 0 radical (unpaired) electrons. The summed E-state index contributed by atoms with van der Waals surface area (Å²) < 4.78 is 68.9. The van der Waals surface area contributed by atoms with Crippen molar-refractivity contribution < 1.29 is 27.0 Å². The molecule has 1 unspecified atom stereocenters. The van der Waals surface area contributed by atoms with E-state index in [2.05, 4.69) is 12.7 Å². The molecule has 35 heavy (non-hydrogen) atoms. The zero-order chi connectivity index (χ0) is 24.9. The zero-order valence-corrected chi connectivity index (χ0v) is 19.4. The van der Waals surface area contributed by atoms with Gasteiger partial charge in [-0.2, -0.15) is 8.78 Å². The third kappa shape index (κ3) is 5.26. The fourth-order valence-electron chi connectivity index (χ4n) is 4.14. The number of hydrogen-bond acceptors (Lipinski definition) is 2. The first-order valence-electron chi connectivity index (χ1n) is 11.6. The first-order chi connectivity index (χ1) is 16.9. The molecule has 0 spiro atoms. The van der Waals surface area contributed by atoms with Crippen LogP contribution in [0, 0.1) is 29.2 Å². The average Bonchev–Trinajstić information content (AvgIpc) is 2.88. The Kier molecular flexibility index (Phi) is 7.59. The second kappa shape index (κ2) is 10.8. The smallest absolute Gasteiger partial charge is 0.201 e. The summed E-state index contributed by atoms with van der Waals surface area (Å²) >= 11 is 0. The molecule has 182 valence electrons. The molecule has 1 aliphatic carbocycles. The molecule has 0 amide bonds. The summed E-state index contributed by atoms with van der Waals surface area (Å²) in [6, 6.07) is 11.8. The highest BCUT2D eigenvalue weighted by Crippen LogP contribution is 2.34. The molecule has 2 nitrogen and oxygen atoms in total. The third-order valence-electron chi connectivity index (χ3n) is 6.19. The van der Waals surface area contributed by atoms with Crippen molar-refractivity contribution in [2.24, 2.45) is 5.92 Å². The fraction of sp³-hybridized carbons (Fsp3) is 0.241. The highest BCUT2D eigenvalue weighted by atomic mass is 19.2. The molecule has 6 heteroatoms. The summed E-state index contributed by atoms with van der Waals surface area (Å²) in [4.78, 5) is 0. The van der Waals surface area contributed by atoms with Crippen LogP contribution in [-0.4, -0.2) is 13.2 Å². The highest BCUT2D eigenvalue weighted by Gasteiger charge is 2.19. The van der Waals surface area contributed by atoms with E-state index in [-0.39, 0.29) is 35.8 Å². The molecule has 0 aromatic heterocycles. The van der Waals surface area contributed by atoms with Crippen molar-refractivity contribution in [1.29, 1.82) is 0 Å². The molecule has 0 heterocycles. The summed E-state index contributed by atoms with van der Waals surface area (Å²) in [5, 5.41) is 0. The van der Waals surface area contributed by atoms with Crippen molar-refractivity contribution >= 4 is 0 Å². The summed E-state index contributed by atoms with van der Waals surface area (Å²) in [7, 11) is 0. The van der Waals surface area contributed by atoms with Crippen LogP contribution in [0.25, 0.3) is 22.3 Å². The Balaban J connectivity index is 1.51. The highest BCUT2D eigenvalue weighted by molar-refractivity contribution is 5.72. The van der Waals surface area contributed by atoms with Gasteiger partial charge in [-0.15, -0.1) is 6.58 Å². The minimum absolute atomic E-state index is 0.0457. The van der Waals surface area contributed by atoms with Crippen molar-refractivity contribution in [2.45, 2.75) is 26.2 Å². The number of halogens is 4. The number of benzene rings is 3. The second-order valence-corrected chi connectivity index (χ2v) is 8.41. The molecule has 1 atom stereocenters. The van der Waals surface area contributed by atoms with Gasteiger partial charge in [-0.1, -0.05) is 36.4 Å². The van der Waals surface area contributed by atoms with Crippen molar-refractivity contribution in [3.63, 3.8) is 0 Å². The van der Waals surface area contributed by atoms with Crippen LogP contribution in [0.5, 0.6) is 11.5 Å². The number of hydrogen-bond donors (Lipinski definition) is 0. The second-order valence-electron chi connectivity index (χ2n) is 8.41. The Bertz CT molecular complexity index is 1250. The lowest BCUT2D eigenvalue weighted by Gasteiger charge is -2.19. The molecule has 0 N–H and O–H groups in total. The molecule has 1 aliphatic rings. The van der Waals surface area contributed by atoms with Crippen LogP contribution in [-0.2, 0) is 0 Å². The quantitative estimate of drug-likeness (QED) is 0.238. The van der Waals surface area contributed by atoms with Gasteiger partial charge < -0.3 is 9.47 Å². The van der Waals surface area contributed by atoms with Gasteiger partial charge in [0.2, 0.25) is 11.6 Å². The molecule has 0 bridgehead atoms. The molecule has 3 aromatic rings. The third-order valence-corrected chi connectivity index (χ3v) is 6.19. The molecule has 0 aliphatic heterocycles. The predicted octanol–water partition coefficient (Wildman–Crippen LogP) is 8.27. The Hall–Kier alpha value is -3.54. The maximum atomic E-state index is 14.9. The van der Waals surface area contributed by atoms with Gasteiger partial charge in [-0.3, -0.25) is 0 Å². The van der Waals surface area contributed by atoms with Crippen molar-refractivity contribution in [1.82, 2.24) is 0 Å². The van der Waals surface area contributed by atoms with Gasteiger partial charge in [0.25, 0.3) is 0 Å². The van der Waals surface area contributed by atoms with E-state index in [1.165, 1.54) is 48.5 Å². The molecule has 0 saturated heterocycles. The van der Waals surface area contributed by atoms with Crippen LogP contribution in [0.3, 0.4) is 0 Å². The predicted molar refractivity (Wildman–Crippen MR) is 129 cm³/mol. The van der Waals surface area contributed by atoms with E-state index in [0.717, 1.165) is 24.8 Å². The van der Waals surface area contributed by atoms with E-state index in [0.29, 0.717) is 17.0 Å². The zero-order valence-electron chi connectivity index (χ0n) is 19.4. The number of allylic oxidation sites excluding steroid dienone is 2. The van der Waals surface area contributed by atoms with Gasteiger partial charge in [-0.05, 0) is 73.1 Å². The maximum absolute atomic E-state index is 14.9. The Morgan fingerprint density at radius 2 is 1.34 bits per heavy atom. The van der Waals surface area contributed by atoms with Gasteiger partial charge in [0.1, 0.15) is 6.61 Å². The van der Waals surface area contributed by atoms with E-state index in [4.69, 9.17) is 9.47 Å². The molecule has 0 fully saturated rings. The Morgan fingerprint density at radius 1 is 0.800 bits per heavy atom. The van der Waals surface area contributed by atoms with E-state index >= 15 is 0 Å². The summed E-state index contributed by atoms with van der Waals surface area (Å²) in [6.45, 7) is 5.90. The van der Waals surface area contributed by atoms with Gasteiger partial charge >= 0.3 is 0 Å². The SMILES string of the molecule is C=CC1CC=C(COc2ccc(-c3ccc(-c4ccc(OCC)c(F)c4F)cc3)c(F)c2F)CC1. The van der Waals surface area contributed by atoms with Gasteiger partial charge in [-0.25, -0.2) is 8.78 Å². The van der Waals surface area contributed by atoms with E-state index in [1.54, 1.807) is 6.92 Å². The molecule has 0 saturated carbocycles. The minimum atomic E-state index is -1.07. The topological polar surface area (TPSA) is 18.5 Å². The van der Waals surface area contributed by atoms with Crippen molar-refractivity contribution in [3.05, 3.63) is 96.1 Å². The molecular weight excluding hydrogens is 456 g/mol. The van der Waals surface area contributed by atoms with E-state index in [1.807, 2.05) is 6.08 Å². The normalized spacial score (nSPS) is 15.5. The summed E-state index contributed by atoms with van der Waals surface area (Å²) in [6.07, 6.45) is 6.68. The molecular formula is C29H26F4O2. The molecule has 3 aromatic carbocycles. The van der Waals surface area contributed by atoms with Gasteiger partial charge in [0.05, 0.1) is 6.61 Å². The first kappa shape index (κ1) is 24.6.